The number of nitrogens with zero attached hydrogens (tertiary/aromatic N) is 1. The first-order valence-corrected chi connectivity index (χ1v) is 7.68. The molecular weight excluding hydrogens is 286 g/mol. The van der Waals surface area contributed by atoms with Crippen LogP contribution in [0.3, 0.4) is 0 Å². The molecule has 6 heteroatoms. The van der Waals surface area contributed by atoms with E-state index in [0.717, 1.165) is 18.8 Å². The summed E-state index contributed by atoms with van der Waals surface area (Å²) in [6.07, 6.45) is -0.139. The monoisotopic (exact) mass is 309 g/mol. The van der Waals surface area contributed by atoms with E-state index in [2.05, 4.69) is 18.7 Å². The van der Waals surface area contributed by atoms with E-state index >= 15 is 0 Å². The van der Waals surface area contributed by atoms with Gasteiger partial charge in [-0.05, 0) is 26.0 Å². The number of ether oxygens (including phenoxy) is 4. The summed E-state index contributed by atoms with van der Waals surface area (Å²) >= 11 is 0. The van der Waals surface area contributed by atoms with E-state index in [9.17, 15) is 5.11 Å². The molecule has 1 N–H and O–H groups in total. The molecule has 0 unspecified atom stereocenters. The first kappa shape index (κ1) is 15.4. The van der Waals surface area contributed by atoms with Crippen LogP contribution in [-0.2, 0) is 4.74 Å². The third-order valence-corrected chi connectivity index (χ3v) is 3.75. The Bertz CT molecular complexity index is 499. The Labute approximate surface area is 130 Å². The second kappa shape index (κ2) is 6.73. The van der Waals surface area contributed by atoms with Gasteiger partial charge in [0, 0.05) is 25.7 Å². The van der Waals surface area contributed by atoms with Crippen molar-refractivity contribution in [3.05, 3.63) is 18.2 Å². The molecular formula is C16H23NO5. The molecule has 1 aromatic rings. The third kappa shape index (κ3) is 3.82. The van der Waals surface area contributed by atoms with Gasteiger partial charge in [0.25, 0.3) is 0 Å². The van der Waals surface area contributed by atoms with E-state index in [1.165, 1.54) is 0 Å². The number of fused-ring (bicyclic) bond motifs is 1. The molecule has 0 saturated carbocycles. The lowest BCUT2D eigenvalue weighted by atomic mass is 10.2. The predicted molar refractivity (Wildman–Crippen MR) is 80.5 cm³/mol. The topological polar surface area (TPSA) is 60.4 Å². The number of morpholine rings is 1. The maximum Gasteiger partial charge on any atom is 0.231 e. The summed E-state index contributed by atoms with van der Waals surface area (Å²) < 4.78 is 21.9. The molecule has 1 aromatic carbocycles. The van der Waals surface area contributed by atoms with E-state index in [1.54, 1.807) is 6.07 Å². The number of hydrogen-bond donors (Lipinski definition) is 1. The highest BCUT2D eigenvalue weighted by Gasteiger charge is 2.24. The fourth-order valence-corrected chi connectivity index (χ4v) is 2.94. The van der Waals surface area contributed by atoms with Gasteiger partial charge in [-0.1, -0.05) is 0 Å². The van der Waals surface area contributed by atoms with Crippen molar-refractivity contribution < 1.29 is 24.1 Å². The van der Waals surface area contributed by atoms with Crippen molar-refractivity contribution in [2.45, 2.75) is 32.2 Å². The quantitative estimate of drug-likeness (QED) is 0.884. The van der Waals surface area contributed by atoms with Crippen molar-refractivity contribution in [2.75, 3.05) is 33.0 Å². The van der Waals surface area contributed by atoms with Gasteiger partial charge in [-0.3, -0.25) is 4.90 Å². The minimum absolute atomic E-state index is 0.200. The molecule has 2 aliphatic heterocycles. The van der Waals surface area contributed by atoms with Crippen LogP contribution >= 0.6 is 0 Å². The molecule has 0 bridgehead atoms. The molecule has 1 fully saturated rings. The smallest absolute Gasteiger partial charge is 0.231 e. The highest BCUT2D eigenvalue weighted by atomic mass is 16.7. The van der Waals surface area contributed by atoms with Crippen LogP contribution < -0.4 is 14.2 Å². The Morgan fingerprint density at radius 2 is 1.95 bits per heavy atom. The number of benzene rings is 1. The zero-order valence-corrected chi connectivity index (χ0v) is 13.0. The fourth-order valence-electron chi connectivity index (χ4n) is 2.94. The van der Waals surface area contributed by atoms with Gasteiger partial charge in [0.05, 0.1) is 12.2 Å². The first-order chi connectivity index (χ1) is 10.6. The lowest BCUT2D eigenvalue weighted by Gasteiger charge is -2.36. The second-order valence-electron chi connectivity index (χ2n) is 5.96. The van der Waals surface area contributed by atoms with Crippen molar-refractivity contribution in [3.8, 4) is 17.2 Å². The van der Waals surface area contributed by atoms with Gasteiger partial charge < -0.3 is 24.1 Å². The molecule has 0 radical (unpaired) electrons. The van der Waals surface area contributed by atoms with Crippen molar-refractivity contribution >= 4 is 0 Å². The lowest BCUT2D eigenvalue weighted by molar-refractivity contribution is -0.0786. The Balaban J connectivity index is 1.47. The molecule has 1 saturated heterocycles. The van der Waals surface area contributed by atoms with Gasteiger partial charge in [0.15, 0.2) is 11.5 Å². The molecule has 0 aromatic heterocycles. The van der Waals surface area contributed by atoms with E-state index in [4.69, 9.17) is 18.9 Å². The minimum atomic E-state index is -0.539. The molecule has 6 nitrogen and oxygen atoms in total. The van der Waals surface area contributed by atoms with E-state index < -0.39 is 6.10 Å². The maximum atomic E-state index is 10.2. The van der Waals surface area contributed by atoms with Crippen molar-refractivity contribution in [1.29, 1.82) is 0 Å². The Hall–Kier alpha value is -1.50. The first-order valence-electron chi connectivity index (χ1n) is 7.68. The van der Waals surface area contributed by atoms with E-state index in [1.807, 2.05) is 12.1 Å². The van der Waals surface area contributed by atoms with Crippen LogP contribution in [0.25, 0.3) is 0 Å². The van der Waals surface area contributed by atoms with Crippen LogP contribution in [0.2, 0.25) is 0 Å². The van der Waals surface area contributed by atoms with E-state index in [0.29, 0.717) is 18.0 Å². The average molecular weight is 309 g/mol. The summed E-state index contributed by atoms with van der Waals surface area (Å²) in [6.45, 7) is 6.87. The molecule has 2 heterocycles. The number of β-amino-alcohol motifs (C(OH)–C–C–N with tert-alkyl or cyclic N) is 1. The van der Waals surface area contributed by atoms with Gasteiger partial charge in [0.2, 0.25) is 6.79 Å². The molecule has 3 rings (SSSR count). The number of aliphatic hydroxyl groups excluding tert-OH is 1. The fraction of sp³-hybridized carbons (Fsp3) is 0.625. The van der Waals surface area contributed by atoms with Crippen molar-refractivity contribution in [2.24, 2.45) is 0 Å². The molecule has 0 amide bonds. The molecule has 2 aliphatic rings. The van der Waals surface area contributed by atoms with Crippen molar-refractivity contribution in [3.63, 3.8) is 0 Å². The van der Waals surface area contributed by atoms with E-state index in [-0.39, 0.29) is 25.6 Å². The Kier molecular flexibility index (Phi) is 4.71. The van der Waals surface area contributed by atoms with Crippen LogP contribution in [0, 0.1) is 0 Å². The molecule has 22 heavy (non-hydrogen) atoms. The highest BCUT2D eigenvalue weighted by Crippen LogP contribution is 2.35. The Morgan fingerprint density at radius 3 is 2.73 bits per heavy atom. The van der Waals surface area contributed by atoms with Crippen LogP contribution in [0.15, 0.2) is 18.2 Å². The van der Waals surface area contributed by atoms with Gasteiger partial charge in [0.1, 0.15) is 18.5 Å². The van der Waals surface area contributed by atoms with Crippen LogP contribution in [-0.4, -0.2) is 61.4 Å². The molecule has 0 aliphatic carbocycles. The minimum Gasteiger partial charge on any atom is -0.491 e. The summed E-state index contributed by atoms with van der Waals surface area (Å²) in [5, 5.41) is 10.2. The summed E-state index contributed by atoms with van der Waals surface area (Å²) in [7, 11) is 0. The van der Waals surface area contributed by atoms with Crippen molar-refractivity contribution in [1.82, 2.24) is 4.90 Å². The van der Waals surface area contributed by atoms with Gasteiger partial charge in [-0.25, -0.2) is 0 Å². The predicted octanol–water partition coefficient (Wildman–Crippen LogP) is 1.26. The van der Waals surface area contributed by atoms with Gasteiger partial charge in [-0.15, -0.1) is 0 Å². The van der Waals surface area contributed by atoms with Crippen LogP contribution in [0.4, 0.5) is 0 Å². The van der Waals surface area contributed by atoms with Gasteiger partial charge in [-0.2, -0.15) is 0 Å². The standard InChI is InChI=1S/C16H23NO5/c1-11-6-17(7-12(2)22-11)8-13(18)9-19-14-3-4-15-16(5-14)21-10-20-15/h3-5,11-13,18H,6-10H2,1-2H3/t11-,12+,13-/m1/s1. The summed E-state index contributed by atoms with van der Waals surface area (Å²) in [5.41, 5.74) is 0. The zero-order valence-electron chi connectivity index (χ0n) is 13.0. The van der Waals surface area contributed by atoms with Crippen LogP contribution in [0.1, 0.15) is 13.8 Å². The SMILES string of the molecule is C[C@@H]1CN(C[C@@H](O)COc2ccc3c(c2)OCO3)C[C@H](C)O1. The summed E-state index contributed by atoms with van der Waals surface area (Å²) in [6, 6.07) is 5.42. The Morgan fingerprint density at radius 1 is 1.23 bits per heavy atom. The zero-order chi connectivity index (χ0) is 15.5. The second-order valence-corrected chi connectivity index (χ2v) is 5.96. The van der Waals surface area contributed by atoms with Gasteiger partial charge >= 0.3 is 0 Å². The molecule has 3 atom stereocenters. The lowest BCUT2D eigenvalue weighted by Crippen LogP contribution is -2.48. The normalized spacial score (nSPS) is 26.0. The highest BCUT2D eigenvalue weighted by molar-refractivity contribution is 5.46. The largest absolute Gasteiger partial charge is 0.491 e. The number of hydrogen-bond acceptors (Lipinski definition) is 6. The van der Waals surface area contributed by atoms with Crippen LogP contribution in [0.5, 0.6) is 17.2 Å². The average Bonchev–Trinajstić information content (AvgIpc) is 2.91. The molecule has 122 valence electrons. The summed E-state index contributed by atoms with van der Waals surface area (Å²) in [5.74, 6) is 2.08. The molecule has 0 spiro atoms. The number of aliphatic hydroxyl groups is 1. The number of rotatable bonds is 5. The maximum absolute atomic E-state index is 10.2. The third-order valence-electron chi connectivity index (χ3n) is 3.75. The summed E-state index contributed by atoms with van der Waals surface area (Å²) in [4.78, 5) is 2.21.